The van der Waals surface area contributed by atoms with Crippen LogP contribution in [0.5, 0.6) is 11.5 Å². The van der Waals surface area contributed by atoms with E-state index in [2.05, 4.69) is 10.4 Å². The molecule has 0 radical (unpaired) electrons. The number of nitrogens with two attached hydrogens (primary N) is 1. The highest BCUT2D eigenvalue weighted by atomic mass is 35.5. The summed E-state index contributed by atoms with van der Waals surface area (Å²) in [7, 11) is 1.38. The predicted octanol–water partition coefficient (Wildman–Crippen LogP) is 4.02. The number of nitrogens with one attached hydrogen (secondary N) is 1. The van der Waals surface area contributed by atoms with Crippen LogP contribution in [0.1, 0.15) is 15.9 Å². The molecule has 3 rings (SSSR count). The van der Waals surface area contributed by atoms with Gasteiger partial charge in [-0.25, -0.2) is 4.68 Å². The van der Waals surface area contributed by atoms with Gasteiger partial charge in [-0.3, -0.25) is 9.59 Å². The first kappa shape index (κ1) is 22.7. The van der Waals surface area contributed by atoms with Crippen LogP contribution < -0.4 is 20.5 Å². The predicted molar refractivity (Wildman–Crippen MR) is 118 cm³/mol. The zero-order valence-corrected chi connectivity index (χ0v) is 18.5. The molecule has 0 unspecified atom stereocenters. The number of carbonyl (C=O) groups excluding carboxylic acids is 2. The number of anilines is 1. The van der Waals surface area contributed by atoms with E-state index in [-0.39, 0.29) is 28.7 Å². The van der Waals surface area contributed by atoms with Crippen molar-refractivity contribution in [2.24, 2.45) is 5.73 Å². The molecule has 0 fully saturated rings. The third-order valence-electron chi connectivity index (χ3n) is 4.14. The SMILES string of the molecule is COc1cc(C(=O)Nc2ccnn2Cc2ccc(Cl)cc2Cl)cc(Cl)c1OCC(N)=O. The van der Waals surface area contributed by atoms with Crippen LogP contribution in [0, 0.1) is 0 Å². The lowest BCUT2D eigenvalue weighted by Crippen LogP contribution is -2.20. The molecule has 0 atom stereocenters. The van der Waals surface area contributed by atoms with Gasteiger partial charge in [0.15, 0.2) is 18.1 Å². The highest BCUT2D eigenvalue weighted by molar-refractivity contribution is 6.35. The molecule has 0 bridgehead atoms. The second kappa shape index (κ2) is 9.91. The van der Waals surface area contributed by atoms with E-state index in [1.165, 1.54) is 19.2 Å². The van der Waals surface area contributed by atoms with Crippen molar-refractivity contribution in [3.05, 3.63) is 68.8 Å². The lowest BCUT2D eigenvalue weighted by Gasteiger charge is -2.14. The highest BCUT2D eigenvalue weighted by Crippen LogP contribution is 2.36. The molecule has 8 nitrogen and oxygen atoms in total. The molecule has 0 aliphatic heterocycles. The summed E-state index contributed by atoms with van der Waals surface area (Å²) in [4.78, 5) is 23.8. The Hall–Kier alpha value is -2.94. The minimum atomic E-state index is -0.672. The third kappa shape index (κ3) is 5.61. The van der Waals surface area contributed by atoms with Crippen molar-refractivity contribution in [1.29, 1.82) is 0 Å². The number of primary amides is 1. The van der Waals surface area contributed by atoms with Crippen LogP contribution in [0.2, 0.25) is 15.1 Å². The standard InChI is InChI=1S/C20H17Cl3N4O4/c1-30-16-7-12(6-15(23)19(16)31-10-17(24)28)20(29)26-18-4-5-25-27(18)9-11-2-3-13(21)8-14(11)22/h2-8H,9-10H2,1H3,(H2,24,28)(H,26,29). The van der Waals surface area contributed by atoms with E-state index in [0.29, 0.717) is 22.4 Å². The van der Waals surface area contributed by atoms with Crippen molar-refractivity contribution in [2.45, 2.75) is 6.54 Å². The summed E-state index contributed by atoms with van der Waals surface area (Å²) in [5.74, 6) is -0.387. The van der Waals surface area contributed by atoms with Crippen LogP contribution in [0.15, 0.2) is 42.6 Å². The van der Waals surface area contributed by atoms with Gasteiger partial charge in [0.2, 0.25) is 0 Å². The number of carbonyl (C=O) groups is 2. The zero-order valence-electron chi connectivity index (χ0n) is 16.2. The first-order valence-corrected chi connectivity index (χ1v) is 9.97. The molecule has 0 spiro atoms. The fraction of sp³-hybridized carbons (Fsp3) is 0.150. The van der Waals surface area contributed by atoms with E-state index in [0.717, 1.165) is 5.56 Å². The van der Waals surface area contributed by atoms with Crippen molar-refractivity contribution in [3.63, 3.8) is 0 Å². The molecule has 3 aromatic rings. The largest absolute Gasteiger partial charge is 0.493 e. The first-order valence-electron chi connectivity index (χ1n) is 8.84. The van der Waals surface area contributed by atoms with E-state index in [4.69, 9.17) is 50.0 Å². The number of nitrogens with zero attached hydrogens (tertiary/aromatic N) is 2. The van der Waals surface area contributed by atoms with Crippen LogP contribution in [0.4, 0.5) is 5.82 Å². The molecule has 0 aliphatic rings. The average molecular weight is 484 g/mol. The Morgan fingerprint density at radius 2 is 1.90 bits per heavy atom. The van der Waals surface area contributed by atoms with Gasteiger partial charge in [0, 0.05) is 21.7 Å². The Kier molecular flexibility index (Phi) is 7.27. The summed E-state index contributed by atoms with van der Waals surface area (Å²) < 4.78 is 12.1. The van der Waals surface area contributed by atoms with Gasteiger partial charge in [0.25, 0.3) is 11.8 Å². The third-order valence-corrected chi connectivity index (χ3v) is 5.01. The molecule has 162 valence electrons. The van der Waals surface area contributed by atoms with Gasteiger partial charge in [-0.2, -0.15) is 5.10 Å². The van der Waals surface area contributed by atoms with Gasteiger partial charge in [-0.15, -0.1) is 0 Å². The lowest BCUT2D eigenvalue weighted by atomic mass is 10.2. The van der Waals surface area contributed by atoms with E-state index in [1.807, 2.05) is 0 Å². The van der Waals surface area contributed by atoms with Crippen LogP contribution in [0.25, 0.3) is 0 Å². The van der Waals surface area contributed by atoms with Crippen LogP contribution in [0.3, 0.4) is 0 Å². The summed E-state index contributed by atoms with van der Waals surface area (Å²) in [5.41, 5.74) is 6.08. The van der Waals surface area contributed by atoms with E-state index in [1.54, 1.807) is 35.1 Å². The van der Waals surface area contributed by atoms with Gasteiger partial charge in [0.1, 0.15) is 5.82 Å². The number of rotatable bonds is 8. The number of methoxy groups -OCH3 is 1. The van der Waals surface area contributed by atoms with Gasteiger partial charge >= 0.3 is 0 Å². The molecular weight excluding hydrogens is 467 g/mol. The minimum absolute atomic E-state index is 0.0900. The number of ether oxygens (including phenoxy) is 2. The molecule has 2 amide bonds. The maximum Gasteiger partial charge on any atom is 0.257 e. The Morgan fingerprint density at radius 1 is 1.13 bits per heavy atom. The number of aromatic nitrogens is 2. The summed E-state index contributed by atoms with van der Waals surface area (Å²) in [6.07, 6.45) is 1.55. The van der Waals surface area contributed by atoms with E-state index in [9.17, 15) is 9.59 Å². The van der Waals surface area contributed by atoms with Crippen molar-refractivity contribution in [2.75, 3.05) is 19.0 Å². The minimum Gasteiger partial charge on any atom is -0.493 e. The Morgan fingerprint density at radius 3 is 2.58 bits per heavy atom. The molecular formula is C20H17Cl3N4O4. The van der Waals surface area contributed by atoms with Crippen LogP contribution in [-0.4, -0.2) is 35.3 Å². The molecule has 1 aromatic heterocycles. The summed E-state index contributed by atoms with van der Waals surface area (Å²) >= 11 is 18.4. The molecule has 0 aliphatic carbocycles. The molecule has 2 aromatic carbocycles. The Balaban J connectivity index is 1.80. The first-order chi connectivity index (χ1) is 14.8. The van der Waals surface area contributed by atoms with Gasteiger partial charge < -0.3 is 20.5 Å². The fourth-order valence-corrected chi connectivity index (χ4v) is 3.43. The number of benzene rings is 2. The average Bonchev–Trinajstić information content (AvgIpc) is 3.14. The quantitative estimate of drug-likeness (QED) is 0.503. The normalized spacial score (nSPS) is 10.6. The molecule has 11 heteroatoms. The van der Waals surface area contributed by atoms with Crippen molar-refractivity contribution in [3.8, 4) is 11.5 Å². The zero-order chi connectivity index (χ0) is 22.5. The summed E-state index contributed by atoms with van der Waals surface area (Å²) in [6.45, 7) is -0.0589. The molecule has 3 N–H and O–H groups in total. The summed E-state index contributed by atoms with van der Waals surface area (Å²) in [5, 5.41) is 8.10. The smallest absolute Gasteiger partial charge is 0.257 e. The highest BCUT2D eigenvalue weighted by Gasteiger charge is 2.18. The number of amides is 2. The fourth-order valence-electron chi connectivity index (χ4n) is 2.70. The Labute approximate surface area is 192 Å². The second-order valence-electron chi connectivity index (χ2n) is 6.31. The van der Waals surface area contributed by atoms with Crippen molar-refractivity contribution < 1.29 is 19.1 Å². The van der Waals surface area contributed by atoms with E-state index >= 15 is 0 Å². The van der Waals surface area contributed by atoms with Gasteiger partial charge in [-0.05, 0) is 29.8 Å². The number of hydrogen-bond acceptors (Lipinski definition) is 5. The van der Waals surface area contributed by atoms with Gasteiger partial charge in [0.05, 0.1) is 24.9 Å². The molecule has 0 saturated heterocycles. The Bertz CT molecular complexity index is 1130. The van der Waals surface area contributed by atoms with E-state index < -0.39 is 11.8 Å². The number of hydrogen-bond donors (Lipinski definition) is 2. The monoisotopic (exact) mass is 482 g/mol. The lowest BCUT2D eigenvalue weighted by molar-refractivity contribution is -0.119. The van der Waals surface area contributed by atoms with Crippen LogP contribution in [-0.2, 0) is 11.3 Å². The maximum absolute atomic E-state index is 12.8. The number of halogens is 3. The molecule has 0 saturated carbocycles. The van der Waals surface area contributed by atoms with Crippen molar-refractivity contribution in [1.82, 2.24) is 9.78 Å². The molecule has 1 heterocycles. The van der Waals surface area contributed by atoms with Crippen LogP contribution >= 0.6 is 34.8 Å². The van der Waals surface area contributed by atoms with Crippen molar-refractivity contribution >= 4 is 52.4 Å². The summed E-state index contributed by atoms with van der Waals surface area (Å²) in [6, 6.07) is 9.62. The maximum atomic E-state index is 12.8. The molecule has 31 heavy (non-hydrogen) atoms. The topological polar surface area (TPSA) is 108 Å². The van der Waals surface area contributed by atoms with Gasteiger partial charge in [-0.1, -0.05) is 40.9 Å². The second-order valence-corrected chi connectivity index (χ2v) is 7.56.